The number of carboxylic acids is 1. The van der Waals surface area contributed by atoms with Crippen LogP contribution in [0, 0.1) is 0 Å². The van der Waals surface area contributed by atoms with E-state index in [1.165, 1.54) is 6.07 Å². The Kier molecular flexibility index (Phi) is 3.64. The number of nitrogens with one attached hydrogen (secondary N) is 1. The quantitative estimate of drug-likeness (QED) is 0.892. The molecule has 0 atom stereocenters. The van der Waals surface area contributed by atoms with Crippen molar-refractivity contribution in [3.8, 4) is 11.3 Å². The van der Waals surface area contributed by atoms with Crippen LogP contribution < -0.4 is 0 Å². The lowest BCUT2D eigenvalue weighted by atomic mass is 10.1. The van der Waals surface area contributed by atoms with E-state index in [4.69, 9.17) is 21.4 Å². The Hall–Kier alpha value is -1.85. The lowest BCUT2D eigenvalue weighted by Gasteiger charge is -2.04. The molecule has 94 valence electrons. The molecule has 1 heterocycles. The molecule has 1 aromatic heterocycles. The van der Waals surface area contributed by atoms with Crippen LogP contribution >= 0.6 is 11.6 Å². The van der Waals surface area contributed by atoms with Gasteiger partial charge in [-0.1, -0.05) is 23.7 Å². The standard InChI is InChI=1S/C12H11ClN2O3/c1-18-6-8-3-2-7(4-9(8)13)10-5-11(12(16)17)15-14-10/h2-5H,6H2,1H3,(H,14,15)(H,16,17). The van der Waals surface area contributed by atoms with Crippen LogP contribution in [0.25, 0.3) is 11.3 Å². The van der Waals surface area contributed by atoms with Crippen LogP contribution in [0.1, 0.15) is 16.1 Å². The average molecular weight is 267 g/mol. The van der Waals surface area contributed by atoms with Gasteiger partial charge in [-0.25, -0.2) is 4.79 Å². The molecule has 0 unspecified atom stereocenters. The molecule has 0 spiro atoms. The summed E-state index contributed by atoms with van der Waals surface area (Å²) in [4.78, 5) is 10.7. The van der Waals surface area contributed by atoms with Crippen molar-refractivity contribution in [1.29, 1.82) is 0 Å². The average Bonchev–Trinajstić information content (AvgIpc) is 2.81. The number of carbonyl (C=O) groups is 1. The Morgan fingerprint density at radius 1 is 1.50 bits per heavy atom. The molecule has 1 aromatic carbocycles. The number of aromatic amines is 1. The minimum absolute atomic E-state index is 0.0436. The Labute approximate surface area is 108 Å². The molecule has 0 radical (unpaired) electrons. The monoisotopic (exact) mass is 266 g/mol. The van der Waals surface area contributed by atoms with E-state index in [2.05, 4.69) is 10.2 Å². The van der Waals surface area contributed by atoms with Crippen molar-refractivity contribution in [3.63, 3.8) is 0 Å². The molecule has 5 nitrogen and oxygen atoms in total. The van der Waals surface area contributed by atoms with Gasteiger partial charge < -0.3 is 9.84 Å². The largest absolute Gasteiger partial charge is 0.477 e. The lowest BCUT2D eigenvalue weighted by Crippen LogP contribution is -1.95. The summed E-state index contributed by atoms with van der Waals surface area (Å²) in [6, 6.07) is 6.85. The fraction of sp³-hybridized carbons (Fsp3) is 0.167. The van der Waals surface area contributed by atoms with Gasteiger partial charge in [0.15, 0.2) is 0 Å². The van der Waals surface area contributed by atoms with Gasteiger partial charge in [-0.15, -0.1) is 0 Å². The molecule has 6 heteroatoms. The lowest BCUT2D eigenvalue weighted by molar-refractivity contribution is 0.0690. The highest BCUT2D eigenvalue weighted by Crippen LogP contribution is 2.25. The third-order valence-corrected chi connectivity index (χ3v) is 2.81. The van der Waals surface area contributed by atoms with Gasteiger partial charge in [0.1, 0.15) is 5.69 Å². The summed E-state index contributed by atoms with van der Waals surface area (Å²) in [6.45, 7) is 0.431. The number of aromatic carboxylic acids is 1. The van der Waals surface area contributed by atoms with Gasteiger partial charge in [-0.3, -0.25) is 5.10 Å². The molecule has 2 rings (SSSR count). The highest BCUT2D eigenvalue weighted by molar-refractivity contribution is 6.31. The number of methoxy groups -OCH3 is 1. The first-order chi connectivity index (χ1) is 8.61. The highest BCUT2D eigenvalue weighted by Gasteiger charge is 2.10. The maximum absolute atomic E-state index is 10.7. The molecule has 0 aliphatic heterocycles. The van der Waals surface area contributed by atoms with E-state index in [1.807, 2.05) is 12.1 Å². The fourth-order valence-electron chi connectivity index (χ4n) is 1.56. The van der Waals surface area contributed by atoms with Gasteiger partial charge >= 0.3 is 5.97 Å². The summed E-state index contributed by atoms with van der Waals surface area (Å²) in [5, 5.41) is 15.7. The zero-order chi connectivity index (χ0) is 13.1. The number of halogens is 1. The van der Waals surface area contributed by atoms with Crippen LogP contribution in [0.2, 0.25) is 5.02 Å². The number of carboxylic acid groups (broad SMARTS) is 1. The van der Waals surface area contributed by atoms with Gasteiger partial charge in [0.05, 0.1) is 12.3 Å². The second kappa shape index (κ2) is 5.20. The van der Waals surface area contributed by atoms with Crippen LogP contribution in [-0.4, -0.2) is 28.4 Å². The van der Waals surface area contributed by atoms with Crippen molar-refractivity contribution in [2.45, 2.75) is 6.61 Å². The number of benzene rings is 1. The second-order valence-corrected chi connectivity index (χ2v) is 4.12. The summed E-state index contributed by atoms with van der Waals surface area (Å²) >= 11 is 6.09. The van der Waals surface area contributed by atoms with Crippen molar-refractivity contribution in [2.75, 3.05) is 7.11 Å². The van der Waals surface area contributed by atoms with Crippen LogP contribution in [0.5, 0.6) is 0 Å². The first-order valence-electron chi connectivity index (χ1n) is 5.18. The van der Waals surface area contributed by atoms with E-state index in [0.717, 1.165) is 11.1 Å². The molecule has 0 aliphatic carbocycles. The third-order valence-electron chi connectivity index (χ3n) is 2.46. The summed E-state index contributed by atoms with van der Waals surface area (Å²) < 4.78 is 5.01. The van der Waals surface area contributed by atoms with Crippen molar-refractivity contribution >= 4 is 17.6 Å². The molecular formula is C12H11ClN2O3. The number of aromatic nitrogens is 2. The molecule has 0 bridgehead atoms. The highest BCUT2D eigenvalue weighted by atomic mass is 35.5. The third kappa shape index (κ3) is 2.52. The fourth-order valence-corrected chi connectivity index (χ4v) is 1.79. The topological polar surface area (TPSA) is 75.2 Å². The van der Waals surface area contributed by atoms with Crippen molar-refractivity contribution in [3.05, 3.63) is 40.5 Å². The molecule has 0 fully saturated rings. The SMILES string of the molecule is COCc1ccc(-c2cc(C(=O)O)[nH]n2)cc1Cl. The van der Waals surface area contributed by atoms with Crippen LogP contribution in [-0.2, 0) is 11.3 Å². The normalized spacial score (nSPS) is 10.6. The smallest absolute Gasteiger partial charge is 0.353 e. The second-order valence-electron chi connectivity index (χ2n) is 3.71. The van der Waals surface area contributed by atoms with Crippen LogP contribution in [0.4, 0.5) is 0 Å². The minimum atomic E-state index is -1.05. The Morgan fingerprint density at radius 3 is 2.83 bits per heavy atom. The summed E-state index contributed by atoms with van der Waals surface area (Å²) in [5.41, 5.74) is 2.21. The Morgan fingerprint density at radius 2 is 2.28 bits per heavy atom. The van der Waals surface area contributed by atoms with Crippen molar-refractivity contribution in [1.82, 2.24) is 10.2 Å². The van der Waals surface area contributed by atoms with Gasteiger partial charge in [0, 0.05) is 17.7 Å². The first kappa shape index (κ1) is 12.6. The van der Waals surface area contributed by atoms with E-state index >= 15 is 0 Å². The van der Waals surface area contributed by atoms with Crippen molar-refractivity contribution < 1.29 is 14.6 Å². The molecule has 0 amide bonds. The predicted molar refractivity (Wildman–Crippen MR) is 66.7 cm³/mol. The summed E-state index contributed by atoms with van der Waals surface area (Å²) in [6.07, 6.45) is 0. The number of rotatable bonds is 4. The Bertz CT molecular complexity index is 580. The van der Waals surface area contributed by atoms with Gasteiger partial charge in [-0.05, 0) is 17.7 Å². The molecule has 2 aromatic rings. The summed E-state index contributed by atoms with van der Waals surface area (Å²) in [7, 11) is 1.59. The van der Waals surface area contributed by atoms with Crippen molar-refractivity contribution in [2.24, 2.45) is 0 Å². The van der Waals surface area contributed by atoms with Crippen LogP contribution in [0.15, 0.2) is 24.3 Å². The molecule has 0 aliphatic rings. The molecule has 2 N–H and O–H groups in total. The Balaban J connectivity index is 2.33. The number of ether oxygens (including phenoxy) is 1. The maximum atomic E-state index is 10.7. The van der Waals surface area contributed by atoms with E-state index in [-0.39, 0.29) is 5.69 Å². The number of hydrogen-bond donors (Lipinski definition) is 2. The predicted octanol–water partition coefficient (Wildman–Crippen LogP) is 2.57. The zero-order valence-corrected chi connectivity index (χ0v) is 10.4. The zero-order valence-electron chi connectivity index (χ0n) is 9.61. The molecule has 18 heavy (non-hydrogen) atoms. The molecular weight excluding hydrogens is 256 g/mol. The van der Waals surface area contributed by atoms with Gasteiger partial charge in [-0.2, -0.15) is 5.10 Å². The van der Waals surface area contributed by atoms with Gasteiger partial charge in [0.2, 0.25) is 0 Å². The van der Waals surface area contributed by atoms with Crippen LogP contribution in [0.3, 0.4) is 0 Å². The number of hydrogen-bond acceptors (Lipinski definition) is 3. The van der Waals surface area contributed by atoms with E-state index in [1.54, 1.807) is 13.2 Å². The van der Waals surface area contributed by atoms with E-state index in [0.29, 0.717) is 17.3 Å². The first-order valence-corrected chi connectivity index (χ1v) is 5.56. The number of nitrogens with zero attached hydrogens (tertiary/aromatic N) is 1. The van der Waals surface area contributed by atoms with E-state index in [9.17, 15) is 4.79 Å². The van der Waals surface area contributed by atoms with E-state index < -0.39 is 5.97 Å². The number of H-pyrrole nitrogens is 1. The summed E-state index contributed by atoms with van der Waals surface area (Å²) in [5.74, 6) is -1.05. The maximum Gasteiger partial charge on any atom is 0.353 e. The minimum Gasteiger partial charge on any atom is -0.477 e. The van der Waals surface area contributed by atoms with Gasteiger partial charge in [0.25, 0.3) is 0 Å². The molecule has 0 saturated heterocycles. The molecule has 0 saturated carbocycles.